The molecule has 0 saturated carbocycles. The summed E-state index contributed by atoms with van der Waals surface area (Å²) in [6.45, 7) is 5.47. The average Bonchev–Trinajstić information content (AvgIpc) is 2.73. The van der Waals surface area contributed by atoms with Gasteiger partial charge >= 0.3 is 0 Å². The van der Waals surface area contributed by atoms with E-state index in [9.17, 15) is 5.11 Å². The summed E-state index contributed by atoms with van der Waals surface area (Å²) in [6.07, 6.45) is 2.14. The fraction of sp³-hybridized carbons (Fsp3) is 0.533. The summed E-state index contributed by atoms with van der Waals surface area (Å²) < 4.78 is 2.24. The number of aliphatic hydroxyl groups excluding tert-OH is 1. The fourth-order valence-electron chi connectivity index (χ4n) is 2.63. The normalized spacial score (nSPS) is 21.3. The largest absolute Gasteiger partial charge is 0.392 e. The first-order valence-electron chi connectivity index (χ1n) is 6.62. The molecule has 2 rings (SSSR count). The number of benzene rings is 1. The zero-order valence-corrected chi connectivity index (χ0v) is 11.5. The monoisotopic (exact) mass is 247 g/mol. The van der Waals surface area contributed by atoms with Crippen molar-refractivity contribution in [2.45, 2.75) is 25.9 Å². The Morgan fingerprint density at radius 1 is 1.33 bits per heavy atom. The van der Waals surface area contributed by atoms with E-state index in [-0.39, 0.29) is 12.6 Å². The van der Waals surface area contributed by atoms with Crippen molar-refractivity contribution < 1.29 is 9.68 Å². The SMILES string of the molecule is CC(C)[C@@H](CO)N1C=[N+](C)[C@@H](c2ccccc2)C1. The summed E-state index contributed by atoms with van der Waals surface area (Å²) in [4.78, 5) is 2.27. The van der Waals surface area contributed by atoms with Crippen molar-refractivity contribution in [3.05, 3.63) is 35.9 Å². The van der Waals surface area contributed by atoms with Crippen LogP contribution < -0.4 is 0 Å². The summed E-state index contributed by atoms with van der Waals surface area (Å²) in [5.74, 6) is 0.453. The van der Waals surface area contributed by atoms with Crippen LogP contribution in [0.1, 0.15) is 25.5 Å². The number of likely N-dealkylation sites (N-methyl/N-ethyl adjacent to an activating group) is 1. The number of hydrogen-bond acceptors (Lipinski definition) is 2. The van der Waals surface area contributed by atoms with Crippen LogP contribution in [0.4, 0.5) is 0 Å². The average molecular weight is 247 g/mol. The van der Waals surface area contributed by atoms with Gasteiger partial charge < -0.3 is 5.11 Å². The highest BCUT2D eigenvalue weighted by Gasteiger charge is 2.35. The van der Waals surface area contributed by atoms with E-state index in [0.717, 1.165) is 6.54 Å². The zero-order valence-electron chi connectivity index (χ0n) is 11.5. The lowest BCUT2D eigenvalue weighted by Crippen LogP contribution is -2.40. The molecule has 0 fully saturated rings. The molecular formula is C15H23N2O+. The lowest BCUT2D eigenvalue weighted by atomic mass is 10.0. The second kappa shape index (κ2) is 5.53. The number of aliphatic hydroxyl groups is 1. The van der Waals surface area contributed by atoms with E-state index in [1.54, 1.807) is 0 Å². The Morgan fingerprint density at radius 3 is 2.56 bits per heavy atom. The van der Waals surface area contributed by atoms with Crippen LogP contribution >= 0.6 is 0 Å². The highest BCUT2D eigenvalue weighted by Crippen LogP contribution is 2.23. The molecule has 0 aliphatic carbocycles. The Hall–Kier alpha value is -1.35. The van der Waals surface area contributed by atoms with Gasteiger partial charge in [-0.25, -0.2) is 0 Å². The number of hydrogen-bond donors (Lipinski definition) is 1. The zero-order chi connectivity index (χ0) is 13.1. The van der Waals surface area contributed by atoms with E-state index in [2.05, 4.69) is 61.0 Å². The number of nitrogens with zero attached hydrogens (tertiary/aromatic N) is 2. The van der Waals surface area contributed by atoms with Gasteiger partial charge in [0, 0.05) is 5.56 Å². The van der Waals surface area contributed by atoms with Crippen LogP contribution in [0.25, 0.3) is 0 Å². The first kappa shape index (κ1) is 13.1. The van der Waals surface area contributed by atoms with Crippen molar-refractivity contribution >= 4 is 6.34 Å². The predicted molar refractivity (Wildman–Crippen MR) is 73.8 cm³/mol. The molecule has 0 radical (unpaired) electrons. The van der Waals surface area contributed by atoms with Gasteiger partial charge in [0.2, 0.25) is 6.34 Å². The third-order valence-corrected chi connectivity index (χ3v) is 3.77. The second-order valence-corrected chi connectivity index (χ2v) is 5.40. The molecule has 0 aromatic heterocycles. The Bertz CT molecular complexity index is 414. The molecule has 0 bridgehead atoms. The predicted octanol–water partition coefficient (Wildman–Crippen LogP) is 1.73. The molecule has 18 heavy (non-hydrogen) atoms. The van der Waals surface area contributed by atoms with E-state index in [1.165, 1.54) is 5.56 Å². The highest BCUT2D eigenvalue weighted by molar-refractivity contribution is 5.52. The molecule has 1 aliphatic heterocycles. The summed E-state index contributed by atoms with van der Waals surface area (Å²) in [6, 6.07) is 11.1. The van der Waals surface area contributed by atoms with E-state index in [0.29, 0.717) is 12.0 Å². The van der Waals surface area contributed by atoms with E-state index in [4.69, 9.17) is 0 Å². The molecule has 1 aromatic carbocycles. The molecule has 1 aromatic rings. The molecule has 1 N–H and O–H groups in total. The quantitative estimate of drug-likeness (QED) is 0.820. The minimum absolute atomic E-state index is 0.209. The van der Waals surface area contributed by atoms with Crippen molar-refractivity contribution in [2.24, 2.45) is 5.92 Å². The molecule has 1 aliphatic rings. The van der Waals surface area contributed by atoms with Crippen molar-refractivity contribution in [3.63, 3.8) is 0 Å². The third-order valence-electron chi connectivity index (χ3n) is 3.77. The molecule has 2 atom stereocenters. The molecule has 0 saturated heterocycles. The molecule has 3 heteroatoms. The molecule has 0 amide bonds. The highest BCUT2D eigenvalue weighted by atomic mass is 16.3. The Kier molecular flexibility index (Phi) is 4.02. The molecule has 0 unspecified atom stereocenters. The topological polar surface area (TPSA) is 26.5 Å². The van der Waals surface area contributed by atoms with Gasteiger partial charge in [0.1, 0.15) is 12.6 Å². The van der Waals surface area contributed by atoms with E-state index >= 15 is 0 Å². The van der Waals surface area contributed by atoms with Crippen LogP contribution in [0.3, 0.4) is 0 Å². The van der Waals surface area contributed by atoms with Gasteiger partial charge in [-0.05, 0) is 5.92 Å². The van der Waals surface area contributed by atoms with Crippen LogP contribution in [0.15, 0.2) is 30.3 Å². The Labute approximate surface area is 109 Å². The summed E-state index contributed by atoms with van der Waals surface area (Å²) in [7, 11) is 2.10. The maximum Gasteiger partial charge on any atom is 0.235 e. The molecule has 1 heterocycles. The van der Waals surface area contributed by atoms with Gasteiger partial charge in [-0.2, -0.15) is 0 Å². The Balaban J connectivity index is 2.14. The lowest BCUT2D eigenvalue weighted by molar-refractivity contribution is -0.529. The van der Waals surface area contributed by atoms with Crippen molar-refractivity contribution in [1.29, 1.82) is 0 Å². The van der Waals surface area contributed by atoms with Gasteiger partial charge in [-0.3, -0.25) is 9.48 Å². The summed E-state index contributed by atoms with van der Waals surface area (Å²) >= 11 is 0. The van der Waals surface area contributed by atoms with Gasteiger partial charge in [-0.15, -0.1) is 0 Å². The standard InChI is InChI=1S/C15H23N2O/c1-12(2)15(10-18)17-9-14(16(3)11-17)13-7-5-4-6-8-13/h4-8,11-12,14-15,18H,9-10H2,1-3H3/q+1/t14-,15-/m1/s1. The first-order chi connectivity index (χ1) is 8.63. The molecule has 0 spiro atoms. The molecule has 98 valence electrons. The summed E-state index contributed by atoms with van der Waals surface area (Å²) in [5, 5.41) is 9.52. The van der Waals surface area contributed by atoms with Gasteiger partial charge in [-0.1, -0.05) is 44.2 Å². The molecule has 3 nitrogen and oxygen atoms in total. The Morgan fingerprint density at radius 2 is 2.00 bits per heavy atom. The van der Waals surface area contributed by atoms with Gasteiger partial charge in [0.15, 0.2) is 6.04 Å². The van der Waals surface area contributed by atoms with Crippen LogP contribution in [0.5, 0.6) is 0 Å². The van der Waals surface area contributed by atoms with Crippen molar-refractivity contribution in [3.8, 4) is 0 Å². The van der Waals surface area contributed by atoms with Crippen molar-refractivity contribution in [2.75, 3.05) is 20.2 Å². The van der Waals surface area contributed by atoms with Crippen LogP contribution in [0.2, 0.25) is 0 Å². The van der Waals surface area contributed by atoms with Crippen LogP contribution in [0, 0.1) is 5.92 Å². The van der Waals surface area contributed by atoms with Gasteiger partial charge in [0.25, 0.3) is 0 Å². The minimum atomic E-state index is 0.209. The second-order valence-electron chi connectivity index (χ2n) is 5.40. The van der Waals surface area contributed by atoms with Crippen molar-refractivity contribution in [1.82, 2.24) is 4.90 Å². The lowest BCUT2D eigenvalue weighted by Gasteiger charge is -2.22. The molecular weight excluding hydrogens is 224 g/mol. The third kappa shape index (κ3) is 2.56. The van der Waals surface area contributed by atoms with E-state index in [1.807, 2.05) is 6.07 Å². The number of rotatable bonds is 4. The maximum absolute atomic E-state index is 9.52. The van der Waals surface area contributed by atoms with Crippen LogP contribution in [-0.4, -0.2) is 47.2 Å². The minimum Gasteiger partial charge on any atom is -0.392 e. The fourth-order valence-corrected chi connectivity index (χ4v) is 2.63. The smallest absolute Gasteiger partial charge is 0.235 e. The van der Waals surface area contributed by atoms with Crippen LogP contribution in [-0.2, 0) is 0 Å². The van der Waals surface area contributed by atoms with Gasteiger partial charge in [0.05, 0.1) is 13.7 Å². The van der Waals surface area contributed by atoms with E-state index < -0.39 is 0 Å². The maximum atomic E-state index is 9.52. The summed E-state index contributed by atoms with van der Waals surface area (Å²) in [5.41, 5.74) is 1.33. The first-order valence-corrected chi connectivity index (χ1v) is 6.62.